The Morgan fingerprint density at radius 3 is 2.62 bits per heavy atom. The maximum atomic E-state index is 10.4. The Bertz CT molecular complexity index is 214. The second-order valence-electron chi connectivity index (χ2n) is 1.29. The van der Waals surface area contributed by atoms with E-state index in [4.69, 9.17) is 0 Å². The van der Waals surface area contributed by atoms with Gasteiger partial charge in [0.15, 0.2) is 0 Å². The van der Waals surface area contributed by atoms with Gasteiger partial charge in [0.25, 0.3) is 0 Å². The van der Waals surface area contributed by atoms with Crippen molar-refractivity contribution in [3.05, 3.63) is 14.7 Å². The first-order valence-electron chi connectivity index (χ1n) is 2.29. The van der Waals surface area contributed by atoms with Crippen LogP contribution in [-0.4, -0.2) is 4.98 Å². The van der Waals surface area contributed by atoms with Crippen molar-refractivity contribution >= 4 is 20.7 Å². The van der Waals surface area contributed by atoms with Gasteiger partial charge in [0.05, 0.1) is 0 Å². The molecule has 1 aromatic heterocycles. The minimum atomic E-state index is -0.0631. The van der Waals surface area contributed by atoms with E-state index in [0.29, 0.717) is 0 Å². The molecule has 0 aliphatic rings. The molecule has 0 spiro atoms. The highest BCUT2D eigenvalue weighted by atomic mass is 32.9. The molecule has 0 unspecified atom stereocenters. The van der Waals surface area contributed by atoms with E-state index < -0.39 is 0 Å². The molecule has 1 aromatic rings. The highest BCUT2D eigenvalue weighted by Crippen LogP contribution is 2.05. The predicted octanol–water partition coefficient (Wildman–Crippen LogP) is 1.13. The maximum absolute atomic E-state index is 10.4. The SMILES string of the molecule is CCc1nc(=O)ss1. The summed E-state index contributed by atoms with van der Waals surface area (Å²) in [5.74, 6) is 0. The third-order valence-corrected chi connectivity index (χ3v) is 2.87. The van der Waals surface area contributed by atoms with E-state index in [1.807, 2.05) is 6.92 Å². The summed E-state index contributed by atoms with van der Waals surface area (Å²) in [6, 6.07) is 0. The van der Waals surface area contributed by atoms with Gasteiger partial charge < -0.3 is 0 Å². The average molecular weight is 147 g/mol. The summed E-state index contributed by atoms with van der Waals surface area (Å²) < 4.78 is 0. The largest absolute Gasteiger partial charge is 0.337 e. The lowest BCUT2D eigenvalue weighted by Gasteiger charge is -1.74. The topological polar surface area (TPSA) is 30.0 Å². The molecule has 44 valence electrons. The minimum absolute atomic E-state index is 0.0631. The van der Waals surface area contributed by atoms with Crippen LogP contribution in [0.1, 0.15) is 11.9 Å². The first-order chi connectivity index (χ1) is 3.83. The van der Waals surface area contributed by atoms with Crippen molar-refractivity contribution in [3.8, 4) is 0 Å². The van der Waals surface area contributed by atoms with Crippen LogP contribution in [0.4, 0.5) is 0 Å². The molecule has 8 heavy (non-hydrogen) atoms. The molecule has 0 radical (unpaired) electrons. The number of hydrogen-bond acceptors (Lipinski definition) is 4. The van der Waals surface area contributed by atoms with E-state index in [2.05, 4.69) is 4.98 Å². The molecule has 0 atom stereocenters. The van der Waals surface area contributed by atoms with Gasteiger partial charge in [-0.1, -0.05) is 17.3 Å². The zero-order chi connectivity index (χ0) is 5.98. The lowest BCUT2D eigenvalue weighted by atomic mass is 10.5. The molecule has 1 heterocycles. The summed E-state index contributed by atoms with van der Waals surface area (Å²) in [7, 11) is 2.67. The van der Waals surface area contributed by atoms with E-state index in [9.17, 15) is 4.79 Å². The zero-order valence-corrected chi connectivity index (χ0v) is 6.01. The van der Waals surface area contributed by atoms with Gasteiger partial charge in [0, 0.05) is 0 Å². The maximum Gasteiger partial charge on any atom is 0.337 e. The second-order valence-corrected chi connectivity index (χ2v) is 3.45. The number of nitrogens with zero attached hydrogens (tertiary/aromatic N) is 1. The van der Waals surface area contributed by atoms with E-state index in [0.717, 1.165) is 11.4 Å². The van der Waals surface area contributed by atoms with Crippen LogP contribution < -0.4 is 4.87 Å². The molecule has 1 rings (SSSR count). The van der Waals surface area contributed by atoms with Crippen LogP contribution >= 0.6 is 20.7 Å². The molecule has 0 saturated carbocycles. The van der Waals surface area contributed by atoms with Crippen molar-refractivity contribution < 1.29 is 0 Å². The highest BCUT2D eigenvalue weighted by molar-refractivity contribution is 7.68. The van der Waals surface area contributed by atoms with Crippen LogP contribution in [0.5, 0.6) is 0 Å². The van der Waals surface area contributed by atoms with E-state index >= 15 is 0 Å². The normalized spacial score (nSPS) is 9.62. The smallest absolute Gasteiger partial charge is 0.254 e. The van der Waals surface area contributed by atoms with Gasteiger partial charge in [-0.25, -0.2) is 0 Å². The summed E-state index contributed by atoms with van der Waals surface area (Å²) in [5, 5.41) is 0.944. The van der Waals surface area contributed by atoms with Crippen LogP contribution in [0.15, 0.2) is 4.79 Å². The van der Waals surface area contributed by atoms with Gasteiger partial charge in [-0.3, -0.25) is 4.79 Å². The average Bonchev–Trinajstić information content (AvgIpc) is 2.14. The van der Waals surface area contributed by atoms with Gasteiger partial charge in [-0.2, -0.15) is 4.98 Å². The van der Waals surface area contributed by atoms with Gasteiger partial charge in [0.1, 0.15) is 5.01 Å². The minimum Gasteiger partial charge on any atom is -0.254 e. The summed E-state index contributed by atoms with van der Waals surface area (Å²) >= 11 is 0. The standard InChI is InChI=1S/C4H5NOS2/c1-2-3-5-4(6)8-7-3/h2H2,1H3. The fourth-order valence-corrected chi connectivity index (χ4v) is 2.05. The molecule has 0 N–H and O–H groups in total. The monoisotopic (exact) mass is 147 g/mol. The van der Waals surface area contributed by atoms with Crippen LogP contribution in [0.25, 0.3) is 0 Å². The summed E-state index contributed by atoms with van der Waals surface area (Å²) in [5.41, 5.74) is 0. The molecular formula is C4H5NOS2. The van der Waals surface area contributed by atoms with E-state index in [1.165, 1.54) is 20.7 Å². The second kappa shape index (κ2) is 2.37. The van der Waals surface area contributed by atoms with Crippen molar-refractivity contribution in [2.24, 2.45) is 0 Å². The predicted molar refractivity (Wildman–Crippen MR) is 35.6 cm³/mol. The number of rotatable bonds is 1. The van der Waals surface area contributed by atoms with Crippen molar-refractivity contribution in [1.82, 2.24) is 4.98 Å². The molecule has 0 amide bonds. The van der Waals surface area contributed by atoms with Gasteiger partial charge in [-0.05, 0) is 16.8 Å². The lowest BCUT2D eigenvalue weighted by molar-refractivity contribution is 1.08. The van der Waals surface area contributed by atoms with Crippen molar-refractivity contribution in [2.45, 2.75) is 13.3 Å². The Morgan fingerprint density at radius 2 is 2.38 bits per heavy atom. The number of aromatic nitrogens is 1. The van der Waals surface area contributed by atoms with Crippen LogP contribution in [0.2, 0.25) is 0 Å². The fourth-order valence-electron chi connectivity index (χ4n) is 0.361. The molecule has 0 fully saturated rings. The van der Waals surface area contributed by atoms with Crippen LogP contribution in [-0.2, 0) is 6.42 Å². The van der Waals surface area contributed by atoms with Crippen LogP contribution in [0, 0.1) is 0 Å². The van der Waals surface area contributed by atoms with E-state index in [-0.39, 0.29) is 4.87 Å². The third kappa shape index (κ3) is 1.14. The lowest BCUT2D eigenvalue weighted by Crippen LogP contribution is -1.93. The molecule has 4 heteroatoms. The van der Waals surface area contributed by atoms with Gasteiger partial charge in [-0.15, -0.1) is 0 Å². The van der Waals surface area contributed by atoms with Gasteiger partial charge >= 0.3 is 4.87 Å². The fraction of sp³-hybridized carbons (Fsp3) is 0.500. The van der Waals surface area contributed by atoms with Crippen molar-refractivity contribution in [1.29, 1.82) is 0 Å². The van der Waals surface area contributed by atoms with Crippen LogP contribution in [0.3, 0.4) is 0 Å². The summed E-state index contributed by atoms with van der Waals surface area (Å²) in [6.07, 6.45) is 0.878. The zero-order valence-electron chi connectivity index (χ0n) is 4.38. The first-order valence-corrected chi connectivity index (χ1v) is 4.44. The quantitative estimate of drug-likeness (QED) is 0.557. The van der Waals surface area contributed by atoms with E-state index in [1.54, 1.807) is 0 Å². The summed E-state index contributed by atoms with van der Waals surface area (Å²) in [4.78, 5) is 14.0. The molecule has 2 nitrogen and oxygen atoms in total. The molecular weight excluding hydrogens is 142 g/mol. The number of hydrogen-bond donors (Lipinski definition) is 0. The Balaban J connectivity index is 3.01. The Hall–Kier alpha value is -0.220. The molecule has 0 bridgehead atoms. The van der Waals surface area contributed by atoms with Crippen molar-refractivity contribution in [2.75, 3.05) is 0 Å². The highest BCUT2D eigenvalue weighted by Gasteiger charge is 1.92. The summed E-state index contributed by atoms with van der Waals surface area (Å²) in [6.45, 7) is 1.99. The molecule has 0 saturated heterocycles. The Morgan fingerprint density at radius 1 is 1.62 bits per heavy atom. The molecule has 0 aliphatic carbocycles. The van der Waals surface area contributed by atoms with Gasteiger partial charge in [0.2, 0.25) is 0 Å². The third-order valence-electron chi connectivity index (χ3n) is 0.728. The molecule has 0 aliphatic heterocycles. The van der Waals surface area contributed by atoms with Crippen molar-refractivity contribution in [3.63, 3.8) is 0 Å². The Labute approximate surface area is 54.2 Å². The molecule has 0 aromatic carbocycles. The first kappa shape index (κ1) is 5.91. The number of aryl methyl sites for hydroxylation is 1. The Kier molecular flexibility index (Phi) is 1.75.